The molecule has 2 saturated heterocycles. The Bertz CT molecular complexity index is 687. The summed E-state index contributed by atoms with van der Waals surface area (Å²) in [7, 11) is 1.84. The van der Waals surface area contributed by atoms with Crippen LogP contribution < -0.4 is 15.5 Å². The van der Waals surface area contributed by atoms with Crippen LogP contribution in [0.5, 0.6) is 0 Å². The zero-order valence-corrected chi connectivity index (χ0v) is 16.1. The highest BCUT2D eigenvalue weighted by Crippen LogP contribution is 2.19. The Morgan fingerprint density at radius 3 is 2.57 bits per heavy atom. The average Bonchev–Trinajstić information content (AvgIpc) is 3.01. The molecule has 0 spiro atoms. The number of carbonyl (C=O) groups is 3. The van der Waals surface area contributed by atoms with Crippen LogP contribution in [-0.2, 0) is 14.3 Å². The summed E-state index contributed by atoms with van der Waals surface area (Å²) < 4.78 is 5.36. The number of hydrogen-bond acceptors (Lipinski definition) is 6. The van der Waals surface area contributed by atoms with Gasteiger partial charge in [0.05, 0.1) is 26.3 Å². The summed E-state index contributed by atoms with van der Waals surface area (Å²) in [6, 6.07) is 7.47. The second-order valence-corrected chi connectivity index (χ2v) is 6.99. The molecule has 152 valence electrons. The van der Waals surface area contributed by atoms with E-state index in [-0.39, 0.29) is 30.9 Å². The number of nitrogens with zero attached hydrogens (tertiary/aromatic N) is 3. The summed E-state index contributed by atoms with van der Waals surface area (Å²) in [5, 5.41) is 5.39. The van der Waals surface area contributed by atoms with Crippen molar-refractivity contribution in [3.63, 3.8) is 0 Å². The van der Waals surface area contributed by atoms with Gasteiger partial charge in [0.1, 0.15) is 0 Å². The monoisotopic (exact) mass is 389 g/mol. The van der Waals surface area contributed by atoms with Crippen LogP contribution in [0, 0.1) is 0 Å². The van der Waals surface area contributed by atoms with Gasteiger partial charge in [0, 0.05) is 37.6 Å². The summed E-state index contributed by atoms with van der Waals surface area (Å²) >= 11 is 0. The van der Waals surface area contributed by atoms with Gasteiger partial charge in [-0.15, -0.1) is 0 Å². The van der Waals surface area contributed by atoms with E-state index >= 15 is 0 Å². The van der Waals surface area contributed by atoms with Crippen molar-refractivity contribution in [1.29, 1.82) is 0 Å². The molecule has 0 bridgehead atoms. The van der Waals surface area contributed by atoms with E-state index in [4.69, 9.17) is 4.74 Å². The average molecular weight is 389 g/mol. The van der Waals surface area contributed by atoms with Crippen molar-refractivity contribution in [2.75, 3.05) is 69.7 Å². The zero-order valence-electron chi connectivity index (χ0n) is 16.1. The number of hydrogen-bond donors (Lipinski definition) is 2. The smallest absolute Gasteiger partial charge is 0.324 e. The number of nitrogens with one attached hydrogen (secondary N) is 2. The van der Waals surface area contributed by atoms with Crippen LogP contribution in [0.3, 0.4) is 0 Å². The minimum absolute atomic E-state index is 0.0708. The molecule has 0 saturated carbocycles. The van der Waals surface area contributed by atoms with Gasteiger partial charge in [0.15, 0.2) is 0 Å². The summed E-state index contributed by atoms with van der Waals surface area (Å²) in [4.78, 5) is 40.6. The maximum Gasteiger partial charge on any atom is 0.324 e. The van der Waals surface area contributed by atoms with Gasteiger partial charge in [-0.2, -0.15) is 0 Å². The predicted octanol–water partition coefficient (Wildman–Crippen LogP) is 0.335. The first-order valence-electron chi connectivity index (χ1n) is 9.52. The second kappa shape index (κ2) is 9.52. The third kappa shape index (κ3) is 5.43. The third-order valence-electron chi connectivity index (χ3n) is 4.80. The molecule has 0 atom stereocenters. The normalized spacial score (nSPS) is 17.2. The highest BCUT2D eigenvalue weighted by Gasteiger charge is 2.27. The number of carbonyl (C=O) groups excluding carboxylic acids is 3. The second-order valence-electron chi connectivity index (χ2n) is 6.99. The molecule has 28 heavy (non-hydrogen) atoms. The third-order valence-corrected chi connectivity index (χ3v) is 4.80. The van der Waals surface area contributed by atoms with Gasteiger partial charge in [-0.1, -0.05) is 0 Å². The van der Waals surface area contributed by atoms with Gasteiger partial charge < -0.3 is 20.3 Å². The van der Waals surface area contributed by atoms with Gasteiger partial charge in [-0.25, -0.2) is 4.79 Å². The molecule has 0 aromatic heterocycles. The molecule has 2 N–H and O–H groups in total. The largest absolute Gasteiger partial charge is 0.378 e. The Hall–Kier alpha value is -2.65. The lowest BCUT2D eigenvalue weighted by molar-refractivity contribution is -0.125. The van der Waals surface area contributed by atoms with Crippen molar-refractivity contribution >= 4 is 29.2 Å². The summed E-state index contributed by atoms with van der Waals surface area (Å²) in [6.07, 6.45) is 0.622. The fourth-order valence-corrected chi connectivity index (χ4v) is 3.28. The van der Waals surface area contributed by atoms with Crippen LogP contribution in [0.1, 0.15) is 6.42 Å². The minimum Gasteiger partial charge on any atom is -0.378 e. The molecule has 1 aromatic carbocycles. The molecule has 2 fully saturated rings. The van der Waals surface area contributed by atoms with Gasteiger partial charge in [-0.3, -0.25) is 19.4 Å². The standard InChI is InChI=1S/C19H27N5O4/c1-22(7-2-8-24-18(26)13-20-19(24)27)14-17(25)21-15-3-5-16(6-4-15)23-9-11-28-12-10-23/h3-6H,2,7-14H2,1H3,(H,20,27)(H,21,25). The van der Waals surface area contributed by atoms with Crippen LogP contribution in [0.15, 0.2) is 24.3 Å². The van der Waals surface area contributed by atoms with Crippen molar-refractivity contribution in [3.8, 4) is 0 Å². The first kappa shape index (κ1) is 20.1. The summed E-state index contributed by atoms with van der Waals surface area (Å²) in [5.41, 5.74) is 1.88. The quantitative estimate of drug-likeness (QED) is 0.623. The van der Waals surface area contributed by atoms with Crippen LogP contribution in [0.25, 0.3) is 0 Å². The van der Waals surface area contributed by atoms with Crippen LogP contribution >= 0.6 is 0 Å². The number of benzene rings is 1. The molecule has 0 unspecified atom stereocenters. The maximum absolute atomic E-state index is 12.2. The fourth-order valence-electron chi connectivity index (χ4n) is 3.28. The molecule has 4 amide bonds. The Balaban J connectivity index is 1.38. The van der Waals surface area contributed by atoms with Gasteiger partial charge in [0.25, 0.3) is 0 Å². The predicted molar refractivity (Wildman–Crippen MR) is 105 cm³/mol. The van der Waals surface area contributed by atoms with E-state index in [0.29, 0.717) is 19.5 Å². The molecular formula is C19H27N5O4. The van der Waals surface area contributed by atoms with E-state index in [1.165, 1.54) is 4.90 Å². The summed E-state index contributed by atoms with van der Waals surface area (Å²) in [5.74, 6) is -0.303. The van der Waals surface area contributed by atoms with Gasteiger partial charge in [0.2, 0.25) is 11.8 Å². The van der Waals surface area contributed by atoms with Crippen molar-refractivity contribution in [1.82, 2.24) is 15.1 Å². The lowest BCUT2D eigenvalue weighted by atomic mass is 10.2. The van der Waals surface area contributed by atoms with E-state index in [1.807, 2.05) is 36.2 Å². The first-order chi connectivity index (χ1) is 13.5. The highest BCUT2D eigenvalue weighted by atomic mass is 16.5. The molecule has 3 rings (SSSR count). The summed E-state index contributed by atoms with van der Waals surface area (Å²) in [6.45, 7) is 4.51. The van der Waals surface area contributed by atoms with E-state index in [0.717, 1.165) is 37.7 Å². The number of ether oxygens (including phenoxy) is 1. The first-order valence-corrected chi connectivity index (χ1v) is 9.52. The molecule has 9 nitrogen and oxygen atoms in total. The van der Waals surface area contributed by atoms with E-state index in [1.54, 1.807) is 0 Å². The van der Waals surface area contributed by atoms with Gasteiger partial charge in [-0.05, 0) is 37.7 Å². The molecule has 2 aliphatic heterocycles. The number of anilines is 2. The van der Waals surface area contributed by atoms with Crippen LogP contribution in [-0.4, -0.2) is 87.2 Å². The minimum atomic E-state index is -0.342. The molecule has 2 heterocycles. The number of likely N-dealkylation sites (N-methyl/N-ethyl adjacent to an activating group) is 1. The molecule has 1 aromatic rings. The Morgan fingerprint density at radius 2 is 1.93 bits per heavy atom. The molecule has 0 radical (unpaired) electrons. The number of amides is 4. The SMILES string of the molecule is CN(CCCN1C(=O)CNC1=O)CC(=O)Nc1ccc(N2CCOCC2)cc1. The topological polar surface area (TPSA) is 94.2 Å². The van der Waals surface area contributed by atoms with Crippen LogP contribution in [0.2, 0.25) is 0 Å². The van der Waals surface area contributed by atoms with E-state index in [9.17, 15) is 14.4 Å². The van der Waals surface area contributed by atoms with E-state index in [2.05, 4.69) is 15.5 Å². The van der Waals surface area contributed by atoms with Crippen LogP contribution in [0.4, 0.5) is 16.2 Å². The van der Waals surface area contributed by atoms with Gasteiger partial charge >= 0.3 is 6.03 Å². The van der Waals surface area contributed by atoms with Crippen molar-refractivity contribution in [3.05, 3.63) is 24.3 Å². The lowest BCUT2D eigenvalue weighted by Crippen LogP contribution is -2.36. The van der Waals surface area contributed by atoms with E-state index < -0.39 is 0 Å². The molecular weight excluding hydrogens is 362 g/mol. The van der Waals surface area contributed by atoms with Crippen molar-refractivity contribution in [2.24, 2.45) is 0 Å². The number of morpholine rings is 1. The maximum atomic E-state index is 12.2. The number of urea groups is 1. The Labute approximate surface area is 164 Å². The zero-order chi connectivity index (χ0) is 19.9. The lowest BCUT2D eigenvalue weighted by Gasteiger charge is -2.28. The molecule has 9 heteroatoms. The molecule has 0 aliphatic carbocycles. The Kier molecular flexibility index (Phi) is 6.83. The van der Waals surface area contributed by atoms with Crippen molar-refractivity contribution < 1.29 is 19.1 Å². The highest BCUT2D eigenvalue weighted by molar-refractivity contribution is 6.01. The Morgan fingerprint density at radius 1 is 1.21 bits per heavy atom. The number of imide groups is 1. The van der Waals surface area contributed by atoms with Crippen molar-refractivity contribution in [2.45, 2.75) is 6.42 Å². The fraction of sp³-hybridized carbons (Fsp3) is 0.526. The molecule has 2 aliphatic rings. The number of rotatable bonds is 8.